The molecule has 5 heteroatoms. The summed E-state index contributed by atoms with van der Waals surface area (Å²) in [6, 6.07) is 23.8. The molecule has 0 spiro atoms. The molecule has 1 aromatic heterocycles. The summed E-state index contributed by atoms with van der Waals surface area (Å²) in [6.07, 6.45) is 0. The van der Waals surface area contributed by atoms with E-state index in [0.29, 0.717) is 5.02 Å². The third-order valence-corrected chi connectivity index (χ3v) is 5.38. The first-order valence-electron chi connectivity index (χ1n) is 9.48. The van der Waals surface area contributed by atoms with Gasteiger partial charge in [0.05, 0.1) is 32.0 Å². The average molecular weight is 420 g/mol. The summed E-state index contributed by atoms with van der Waals surface area (Å²) in [4.78, 5) is 3.56. The normalized spacial score (nSPS) is 10.7. The van der Waals surface area contributed by atoms with E-state index in [0.717, 1.165) is 50.9 Å². The second kappa shape index (κ2) is 8.56. The van der Waals surface area contributed by atoms with Crippen molar-refractivity contribution in [3.63, 3.8) is 0 Å². The van der Waals surface area contributed by atoms with Crippen LogP contribution in [0.4, 0.5) is 0 Å². The minimum Gasteiger partial charge on any atom is -0.497 e. The molecule has 1 N–H and O–H groups in total. The largest absolute Gasteiger partial charge is 0.497 e. The number of aromatic amines is 1. The fourth-order valence-corrected chi connectivity index (χ4v) is 3.70. The van der Waals surface area contributed by atoms with E-state index in [1.165, 1.54) is 0 Å². The van der Waals surface area contributed by atoms with Crippen molar-refractivity contribution in [3.05, 3.63) is 77.8 Å². The zero-order chi connectivity index (χ0) is 21.1. The fourth-order valence-electron chi connectivity index (χ4n) is 3.42. The lowest BCUT2D eigenvalue weighted by molar-refractivity contribution is 0.414. The van der Waals surface area contributed by atoms with E-state index in [-0.39, 0.29) is 0 Å². The van der Waals surface area contributed by atoms with Gasteiger partial charge in [-0.05, 0) is 71.8 Å². The summed E-state index contributed by atoms with van der Waals surface area (Å²) in [5, 5.41) is 0.623. The summed E-state index contributed by atoms with van der Waals surface area (Å²) < 4.78 is 15.9. The molecule has 4 aromatic rings. The van der Waals surface area contributed by atoms with Crippen LogP contribution in [0, 0.1) is 0 Å². The first-order valence-corrected chi connectivity index (χ1v) is 9.86. The molecule has 0 unspecified atom stereocenters. The van der Waals surface area contributed by atoms with Crippen molar-refractivity contribution in [1.82, 2.24) is 4.98 Å². The van der Waals surface area contributed by atoms with E-state index >= 15 is 0 Å². The Morgan fingerprint density at radius 3 is 1.67 bits per heavy atom. The molecule has 0 aliphatic carbocycles. The highest BCUT2D eigenvalue weighted by atomic mass is 35.5. The monoisotopic (exact) mass is 419 g/mol. The third kappa shape index (κ3) is 3.87. The lowest BCUT2D eigenvalue weighted by Crippen LogP contribution is -1.86. The molecule has 0 saturated heterocycles. The third-order valence-electron chi connectivity index (χ3n) is 5.06. The highest BCUT2D eigenvalue weighted by Crippen LogP contribution is 2.39. The van der Waals surface area contributed by atoms with Gasteiger partial charge < -0.3 is 19.2 Å². The number of nitrogens with one attached hydrogen (secondary N) is 1. The Morgan fingerprint density at radius 1 is 0.600 bits per heavy atom. The van der Waals surface area contributed by atoms with Crippen LogP contribution in [-0.4, -0.2) is 26.3 Å². The molecule has 3 aromatic carbocycles. The quantitative estimate of drug-likeness (QED) is 0.378. The van der Waals surface area contributed by atoms with E-state index in [1.54, 1.807) is 21.3 Å². The van der Waals surface area contributed by atoms with Crippen LogP contribution < -0.4 is 14.2 Å². The molecule has 0 saturated carbocycles. The van der Waals surface area contributed by atoms with Crippen LogP contribution in [0.1, 0.15) is 0 Å². The number of benzene rings is 3. The van der Waals surface area contributed by atoms with Crippen LogP contribution in [0.15, 0.2) is 72.8 Å². The number of aromatic nitrogens is 1. The molecule has 0 aliphatic heterocycles. The first kappa shape index (κ1) is 19.9. The maximum atomic E-state index is 6.54. The van der Waals surface area contributed by atoms with Gasteiger partial charge in [-0.1, -0.05) is 23.7 Å². The molecule has 0 bridgehead atoms. The number of rotatable bonds is 6. The zero-order valence-electron chi connectivity index (χ0n) is 17.0. The lowest BCUT2D eigenvalue weighted by atomic mass is 10.0. The van der Waals surface area contributed by atoms with Gasteiger partial charge in [-0.25, -0.2) is 0 Å². The topological polar surface area (TPSA) is 43.5 Å². The molecule has 1 heterocycles. The van der Waals surface area contributed by atoms with Crippen LogP contribution in [0.2, 0.25) is 5.02 Å². The number of ether oxygens (including phenoxy) is 3. The minimum absolute atomic E-state index is 0.623. The molecule has 0 fully saturated rings. The van der Waals surface area contributed by atoms with E-state index in [1.807, 2.05) is 54.6 Å². The first-order chi connectivity index (χ1) is 14.6. The molecule has 4 rings (SSSR count). The number of methoxy groups -OCH3 is 3. The van der Waals surface area contributed by atoms with Crippen molar-refractivity contribution < 1.29 is 14.2 Å². The molecule has 0 radical (unpaired) electrons. The van der Waals surface area contributed by atoms with Gasteiger partial charge in [0, 0.05) is 16.8 Å². The number of halogens is 1. The van der Waals surface area contributed by atoms with Crippen LogP contribution in [0.25, 0.3) is 33.6 Å². The second-order valence-corrected chi connectivity index (χ2v) is 7.18. The molecule has 0 atom stereocenters. The van der Waals surface area contributed by atoms with Crippen LogP contribution in [0.5, 0.6) is 17.2 Å². The number of H-pyrrole nitrogens is 1. The predicted octanol–water partition coefficient (Wildman–Crippen LogP) is 6.69. The van der Waals surface area contributed by atoms with Crippen LogP contribution in [0.3, 0.4) is 0 Å². The standard InChI is InChI=1S/C25H22ClNO3/c1-28-18-8-4-16(5-9-18)22-15-24(21-13-12-20(30-3)14-23(21)26)27-25(22)17-6-10-19(29-2)11-7-17/h4-15,27H,1-3H3. The SMILES string of the molecule is COc1ccc(-c2cc(-c3ccc(OC)cc3Cl)[nH]c2-c2ccc(OC)cc2)cc1. The van der Waals surface area contributed by atoms with Crippen LogP contribution in [-0.2, 0) is 0 Å². The molecule has 4 nitrogen and oxygen atoms in total. The summed E-state index contributed by atoms with van der Waals surface area (Å²) in [6.45, 7) is 0. The van der Waals surface area contributed by atoms with Crippen molar-refractivity contribution in [2.24, 2.45) is 0 Å². The Morgan fingerprint density at radius 2 is 1.13 bits per heavy atom. The van der Waals surface area contributed by atoms with Gasteiger partial charge >= 0.3 is 0 Å². The Balaban J connectivity index is 1.85. The van der Waals surface area contributed by atoms with E-state index in [9.17, 15) is 0 Å². The van der Waals surface area contributed by atoms with Gasteiger partial charge in [-0.15, -0.1) is 0 Å². The molecular weight excluding hydrogens is 398 g/mol. The Labute approximate surface area is 181 Å². The van der Waals surface area contributed by atoms with Crippen molar-refractivity contribution in [1.29, 1.82) is 0 Å². The maximum Gasteiger partial charge on any atom is 0.120 e. The lowest BCUT2D eigenvalue weighted by Gasteiger charge is -2.07. The Bertz CT molecular complexity index is 1080. The average Bonchev–Trinajstić information content (AvgIpc) is 3.24. The summed E-state index contributed by atoms with van der Waals surface area (Å²) >= 11 is 6.54. The summed E-state index contributed by atoms with van der Waals surface area (Å²) in [5.74, 6) is 2.36. The van der Waals surface area contributed by atoms with Crippen LogP contribution >= 0.6 is 11.6 Å². The fraction of sp³-hybridized carbons (Fsp3) is 0.120. The van der Waals surface area contributed by atoms with Gasteiger partial charge in [0.15, 0.2) is 0 Å². The molecule has 30 heavy (non-hydrogen) atoms. The highest BCUT2D eigenvalue weighted by Gasteiger charge is 2.16. The molecule has 152 valence electrons. The van der Waals surface area contributed by atoms with E-state index in [2.05, 4.69) is 23.2 Å². The van der Waals surface area contributed by atoms with Gasteiger partial charge in [-0.2, -0.15) is 0 Å². The molecular formula is C25H22ClNO3. The Kier molecular flexibility index (Phi) is 5.68. The second-order valence-electron chi connectivity index (χ2n) is 6.77. The summed E-state index contributed by atoms with van der Waals surface area (Å²) in [7, 11) is 4.96. The van der Waals surface area contributed by atoms with Crippen molar-refractivity contribution in [2.45, 2.75) is 0 Å². The molecule has 0 aliphatic rings. The van der Waals surface area contributed by atoms with Crippen molar-refractivity contribution in [3.8, 4) is 50.9 Å². The van der Waals surface area contributed by atoms with Crippen molar-refractivity contribution in [2.75, 3.05) is 21.3 Å². The molecule has 0 amide bonds. The Hall–Kier alpha value is -3.37. The maximum absolute atomic E-state index is 6.54. The van der Waals surface area contributed by atoms with E-state index in [4.69, 9.17) is 25.8 Å². The number of hydrogen-bond donors (Lipinski definition) is 1. The van der Waals surface area contributed by atoms with E-state index < -0.39 is 0 Å². The van der Waals surface area contributed by atoms with Gasteiger partial charge in [0.2, 0.25) is 0 Å². The minimum atomic E-state index is 0.623. The van der Waals surface area contributed by atoms with Gasteiger partial charge in [0.1, 0.15) is 17.2 Å². The predicted molar refractivity (Wildman–Crippen MR) is 122 cm³/mol. The van der Waals surface area contributed by atoms with Crippen molar-refractivity contribution >= 4 is 11.6 Å². The smallest absolute Gasteiger partial charge is 0.120 e. The summed E-state index contributed by atoms with van der Waals surface area (Å²) in [5.41, 5.74) is 6.05. The number of hydrogen-bond acceptors (Lipinski definition) is 3. The highest BCUT2D eigenvalue weighted by molar-refractivity contribution is 6.33. The van der Waals surface area contributed by atoms with Gasteiger partial charge in [0.25, 0.3) is 0 Å². The zero-order valence-corrected chi connectivity index (χ0v) is 17.8. The van der Waals surface area contributed by atoms with Gasteiger partial charge in [-0.3, -0.25) is 0 Å².